The first kappa shape index (κ1) is 17.2. The van der Waals surface area contributed by atoms with E-state index in [-0.39, 0.29) is 17.1 Å². The molecule has 0 aliphatic heterocycles. The summed E-state index contributed by atoms with van der Waals surface area (Å²) in [5, 5.41) is 11.1. The monoisotopic (exact) mass is 357 g/mol. The smallest absolute Gasteiger partial charge is 0.316 e. The Kier molecular flexibility index (Phi) is 4.13. The highest BCUT2D eigenvalue weighted by molar-refractivity contribution is 5.79. The molecule has 134 valence electrons. The number of aromatic amines is 1. The number of hydrogen-bond acceptors (Lipinski definition) is 4. The number of aromatic nitrogens is 2. The lowest BCUT2D eigenvalue weighted by molar-refractivity contribution is -0.387. The first-order valence-corrected chi connectivity index (χ1v) is 7.74. The van der Waals surface area contributed by atoms with Gasteiger partial charge in [-0.3, -0.25) is 24.3 Å². The molecule has 1 saturated carbocycles. The number of nitrogens with one attached hydrogen (secondary N) is 1. The maximum atomic E-state index is 13.1. The molecule has 0 atom stereocenters. The van der Waals surface area contributed by atoms with Crippen LogP contribution >= 0.6 is 0 Å². The molecule has 25 heavy (non-hydrogen) atoms. The molecule has 1 aliphatic rings. The van der Waals surface area contributed by atoms with Gasteiger partial charge in [-0.1, -0.05) is 19.3 Å². The fraction of sp³-hybridized carbons (Fsp3) is 0.467. The third-order valence-electron chi connectivity index (χ3n) is 4.48. The van der Waals surface area contributed by atoms with E-state index < -0.39 is 33.5 Å². The predicted molar refractivity (Wildman–Crippen MR) is 82.6 cm³/mol. The standard InChI is InChI=1S/C15H14F3N3O4/c16-15(17,18)9-6-10-12(7-11(9)21(24)25)20(14(23)13(22)19-10)8-4-2-1-3-5-8/h6-8H,1-5H2,(H,19,22). The zero-order valence-electron chi connectivity index (χ0n) is 12.9. The Morgan fingerprint density at radius 2 is 1.80 bits per heavy atom. The van der Waals surface area contributed by atoms with Gasteiger partial charge >= 0.3 is 17.3 Å². The Labute approximate surface area is 138 Å². The van der Waals surface area contributed by atoms with E-state index in [1.807, 2.05) is 0 Å². The van der Waals surface area contributed by atoms with E-state index in [0.29, 0.717) is 18.9 Å². The molecular formula is C15H14F3N3O4. The molecule has 0 spiro atoms. The molecular weight excluding hydrogens is 343 g/mol. The molecule has 1 aliphatic carbocycles. The van der Waals surface area contributed by atoms with Gasteiger partial charge in [0.2, 0.25) is 0 Å². The number of nitro benzene ring substituents is 1. The minimum absolute atomic E-state index is 0.0591. The van der Waals surface area contributed by atoms with Crippen LogP contribution in [0.5, 0.6) is 0 Å². The third kappa shape index (κ3) is 3.03. The van der Waals surface area contributed by atoms with Crippen LogP contribution < -0.4 is 11.1 Å². The van der Waals surface area contributed by atoms with E-state index in [4.69, 9.17) is 0 Å². The van der Waals surface area contributed by atoms with Gasteiger partial charge in [0.25, 0.3) is 5.69 Å². The lowest BCUT2D eigenvalue weighted by atomic mass is 9.95. The van der Waals surface area contributed by atoms with Gasteiger partial charge in [0.15, 0.2) is 0 Å². The molecule has 1 heterocycles. The van der Waals surface area contributed by atoms with Gasteiger partial charge in [-0.25, -0.2) is 0 Å². The Bertz CT molecular complexity index is 955. The van der Waals surface area contributed by atoms with Crippen LogP contribution in [0, 0.1) is 10.1 Å². The van der Waals surface area contributed by atoms with Crippen molar-refractivity contribution in [3.63, 3.8) is 0 Å². The van der Waals surface area contributed by atoms with Gasteiger partial charge in [0.1, 0.15) is 5.56 Å². The van der Waals surface area contributed by atoms with Gasteiger partial charge in [-0.2, -0.15) is 13.2 Å². The summed E-state index contributed by atoms with van der Waals surface area (Å²) in [6, 6.07) is 0.889. The van der Waals surface area contributed by atoms with Crippen LogP contribution in [0.4, 0.5) is 18.9 Å². The van der Waals surface area contributed by atoms with Crippen LogP contribution in [0.3, 0.4) is 0 Å². The lowest BCUT2D eigenvalue weighted by Gasteiger charge is -2.25. The molecule has 0 radical (unpaired) electrons. The van der Waals surface area contributed by atoms with Crippen LogP contribution in [0.15, 0.2) is 21.7 Å². The Hall–Kier alpha value is -2.65. The molecule has 7 nitrogen and oxygen atoms in total. The second-order valence-electron chi connectivity index (χ2n) is 6.06. The largest absolute Gasteiger partial charge is 0.423 e. The molecule has 2 aromatic rings. The summed E-state index contributed by atoms with van der Waals surface area (Å²) in [7, 11) is 0. The number of benzene rings is 1. The first-order chi connectivity index (χ1) is 11.7. The summed E-state index contributed by atoms with van der Waals surface area (Å²) in [6.07, 6.45) is -1.19. The van der Waals surface area contributed by atoms with Crippen molar-refractivity contribution in [1.82, 2.24) is 9.55 Å². The van der Waals surface area contributed by atoms with Crippen LogP contribution in [0.25, 0.3) is 11.0 Å². The topological polar surface area (TPSA) is 98.0 Å². The quantitative estimate of drug-likeness (QED) is 0.507. The highest BCUT2D eigenvalue weighted by atomic mass is 19.4. The predicted octanol–water partition coefficient (Wildman–Crippen LogP) is 3.12. The molecule has 1 N–H and O–H groups in total. The van der Waals surface area contributed by atoms with E-state index in [2.05, 4.69) is 4.98 Å². The molecule has 0 unspecified atom stereocenters. The van der Waals surface area contributed by atoms with Gasteiger partial charge in [-0.15, -0.1) is 0 Å². The second-order valence-corrected chi connectivity index (χ2v) is 6.06. The average Bonchev–Trinajstić information content (AvgIpc) is 2.55. The van der Waals surface area contributed by atoms with Crippen LogP contribution in [0.1, 0.15) is 43.7 Å². The maximum absolute atomic E-state index is 13.1. The average molecular weight is 357 g/mol. The Morgan fingerprint density at radius 3 is 2.36 bits per heavy atom. The molecule has 1 aromatic carbocycles. The number of H-pyrrole nitrogens is 1. The van der Waals surface area contributed by atoms with Crippen molar-refractivity contribution in [3.05, 3.63) is 48.5 Å². The van der Waals surface area contributed by atoms with Crippen molar-refractivity contribution in [1.29, 1.82) is 0 Å². The molecule has 0 amide bonds. The number of nitro groups is 1. The van der Waals surface area contributed by atoms with E-state index in [0.717, 1.165) is 29.9 Å². The van der Waals surface area contributed by atoms with Crippen molar-refractivity contribution >= 4 is 16.7 Å². The van der Waals surface area contributed by atoms with E-state index >= 15 is 0 Å². The third-order valence-corrected chi connectivity index (χ3v) is 4.48. The number of hydrogen-bond donors (Lipinski definition) is 1. The summed E-state index contributed by atoms with van der Waals surface area (Å²) in [5.41, 5.74) is -4.86. The molecule has 0 saturated heterocycles. The second kappa shape index (κ2) is 6.01. The summed E-state index contributed by atoms with van der Waals surface area (Å²) < 4.78 is 40.4. The number of rotatable bonds is 2. The minimum atomic E-state index is -4.96. The van der Waals surface area contributed by atoms with Crippen molar-refractivity contribution in [2.45, 2.75) is 44.3 Å². The highest BCUT2D eigenvalue weighted by Crippen LogP contribution is 2.38. The van der Waals surface area contributed by atoms with Gasteiger partial charge in [0.05, 0.1) is 16.0 Å². The summed E-state index contributed by atoms with van der Waals surface area (Å²) in [4.78, 5) is 36.2. The lowest BCUT2D eigenvalue weighted by Crippen LogP contribution is -2.39. The van der Waals surface area contributed by atoms with Crippen LogP contribution in [0.2, 0.25) is 0 Å². The molecule has 10 heteroatoms. The SMILES string of the molecule is O=c1[nH]c2cc(C(F)(F)F)c([N+](=O)[O-])cc2n(C2CCCCC2)c1=O. The van der Waals surface area contributed by atoms with Crippen LogP contribution in [-0.2, 0) is 6.18 Å². The fourth-order valence-electron chi connectivity index (χ4n) is 3.35. The first-order valence-electron chi connectivity index (χ1n) is 7.74. The molecule has 1 aromatic heterocycles. The number of fused-ring (bicyclic) bond motifs is 1. The van der Waals surface area contributed by atoms with Crippen LogP contribution in [-0.4, -0.2) is 14.5 Å². The fourth-order valence-corrected chi connectivity index (χ4v) is 3.35. The zero-order chi connectivity index (χ0) is 18.4. The summed E-state index contributed by atoms with van der Waals surface area (Å²) in [6.45, 7) is 0. The highest BCUT2D eigenvalue weighted by Gasteiger charge is 2.39. The van der Waals surface area contributed by atoms with Crippen molar-refractivity contribution < 1.29 is 18.1 Å². The Morgan fingerprint density at radius 1 is 1.16 bits per heavy atom. The number of alkyl halides is 3. The van der Waals surface area contributed by atoms with E-state index in [9.17, 15) is 32.9 Å². The number of nitrogens with zero attached hydrogens (tertiary/aromatic N) is 2. The minimum Gasteiger partial charge on any atom is -0.316 e. The molecule has 3 rings (SSSR count). The maximum Gasteiger partial charge on any atom is 0.423 e. The van der Waals surface area contributed by atoms with Crippen molar-refractivity contribution in [2.75, 3.05) is 0 Å². The molecule has 1 fully saturated rings. The van der Waals surface area contributed by atoms with Crippen molar-refractivity contribution in [3.8, 4) is 0 Å². The van der Waals surface area contributed by atoms with Gasteiger partial charge in [-0.05, 0) is 18.9 Å². The van der Waals surface area contributed by atoms with Gasteiger partial charge < -0.3 is 4.98 Å². The van der Waals surface area contributed by atoms with E-state index in [1.165, 1.54) is 0 Å². The molecule has 0 bridgehead atoms. The van der Waals surface area contributed by atoms with Gasteiger partial charge in [0, 0.05) is 12.1 Å². The van der Waals surface area contributed by atoms with Crippen molar-refractivity contribution in [2.24, 2.45) is 0 Å². The Balaban J connectivity index is 2.37. The summed E-state index contributed by atoms with van der Waals surface area (Å²) >= 11 is 0. The summed E-state index contributed by atoms with van der Waals surface area (Å²) in [5.74, 6) is 0. The normalized spacial score (nSPS) is 16.3. The zero-order valence-corrected chi connectivity index (χ0v) is 12.9. The van der Waals surface area contributed by atoms with E-state index in [1.54, 1.807) is 0 Å². The number of halogens is 3.